The largest absolute Gasteiger partial charge is 0.460 e. The summed E-state index contributed by atoms with van der Waals surface area (Å²) in [6, 6.07) is -1.23. The molecule has 0 rings (SSSR count). The molecule has 1 amide bonds. The van der Waals surface area contributed by atoms with Crippen LogP contribution in [-0.4, -0.2) is 148 Å². The minimum absolute atomic E-state index is 0.0567. The maximum Gasteiger partial charge on any atom is 0.324 e. The third kappa shape index (κ3) is 26.9. The molecule has 17 nitrogen and oxygen atoms in total. The summed E-state index contributed by atoms with van der Waals surface area (Å²) < 4.78 is 49.3. The third-order valence-corrected chi connectivity index (χ3v) is 8.72. The van der Waals surface area contributed by atoms with E-state index in [2.05, 4.69) is 10.6 Å². The van der Waals surface area contributed by atoms with Crippen LogP contribution in [-0.2, 0) is 52.9 Å². The number of carbonyl (C=O) groups is 5. The molecule has 0 aliphatic heterocycles. The summed E-state index contributed by atoms with van der Waals surface area (Å²) >= 11 is 0. The monoisotopic (exact) mass is 823 g/mol. The summed E-state index contributed by atoms with van der Waals surface area (Å²) in [6.45, 7) is 25.5. The summed E-state index contributed by atoms with van der Waals surface area (Å²) in [6.07, 6.45) is -0.462. The first kappa shape index (κ1) is 53.1. The lowest BCUT2D eigenvalue weighted by Crippen LogP contribution is -2.54. The Labute approximate surface area is 336 Å². The van der Waals surface area contributed by atoms with Crippen molar-refractivity contribution in [2.45, 2.75) is 138 Å². The summed E-state index contributed by atoms with van der Waals surface area (Å²) in [5, 5.41) is 6.33. The molecule has 18 heteroatoms. The van der Waals surface area contributed by atoms with Gasteiger partial charge in [0, 0.05) is 45.7 Å². The number of sulfonamides is 1. The van der Waals surface area contributed by atoms with E-state index in [1.165, 1.54) is 0 Å². The van der Waals surface area contributed by atoms with Gasteiger partial charge in [-0.05, 0) is 109 Å². The molecule has 0 aromatic carbocycles. The normalized spacial score (nSPS) is 13.9. The van der Waals surface area contributed by atoms with Crippen molar-refractivity contribution in [2.24, 2.45) is 11.7 Å². The quantitative estimate of drug-likeness (QED) is 0.0584. The van der Waals surface area contributed by atoms with E-state index in [0.717, 1.165) is 0 Å². The Morgan fingerprint density at radius 1 is 0.679 bits per heavy atom. The van der Waals surface area contributed by atoms with Crippen LogP contribution in [0.4, 0.5) is 0 Å². The molecule has 0 bridgehead atoms. The van der Waals surface area contributed by atoms with Gasteiger partial charge in [0.2, 0.25) is 15.9 Å². The predicted molar refractivity (Wildman–Crippen MR) is 215 cm³/mol. The molecule has 0 heterocycles. The summed E-state index contributed by atoms with van der Waals surface area (Å²) in [7, 11) is -3.95. The number of rotatable bonds is 25. The van der Waals surface area contributed by atoms with Gasteiger partial charge in [0.25, 0.3) is 0 Å². The van der Waals surface area contributed by atoms with Crippen molar-refractivity contribution in [1.29, 1.82) is 0 Å². The van der Waals surface area contributed by atoms with Crippen molar-refractivity contribution in [3.05, 3.63) is 0 Å². The van der Waals surface area contributed by atoms with Gasteiger partial charge < -0.3 is 35.3 Å². The minimum atomic E-state index is -3.95. The van der Waals surface area contributed by atoms with E-state index in [0.29, 0.717) is 26.2 Å². The van der Waals surface area contributed by atoms with Gasteiger partial charge in [0.05, 0.1) is 24.8 Å². The molecule has 0 aliphatic rings. The molecule has 2 atom stereocenters. The summed E-state index contributed by atoms with van der Waals surface area (Å²) in [4.78, 5) is 69.4. The van der Waals surface area contributed by atoms with E-state index < -0.39 is 74.6 Å². The highest BCUT2D eigenvalue weighted by Gasteiger charge is 2.42. The van der Waals surface area contributed by atoms with Gasteiger partial charge in [-0.25, -0.2) is 8.42 Å². The lowest BCUT2D eigenvalue weighted by atomic mass is 9.92. The molecule has 2 unspecified atom stereocenters. The number of carbonyl (C=O) groups excluding carboxylic acids is 5. The molecule has 328 valence electrons. The van der Waals surface area contributed by atoms with Crippen LogP contribution in [0.15, 0.2) is 0 Å². The molecule has 0 saturated heterocycles. The van der Waals surface area contributed by atoms with Crippen LogP contribution in [0.25, 0.3) is 0 Å². The Hall–Kier alpha value is -2.90. The highest BCUT2D eigenvalue weighted by atomic mass is 32.2. The number of amides is 1. The SMILES string of the molecule is CCN(CCN(CCNCCNCC(=O)OC(C)(C)C)CC(=O)OC(C)(C)C)C(C(=O)OC(C)(C)C)C(CCC(=O)NS(=O)(=O)CCCN)C(=O)OC(C)(C)C. The van der Waals surface area contributed by atoms with E-state index in [9.17, 15) is 32.4 Å². The van der Waals surface area contributed by atoms with Crippen molar-refractivity contribution in [3.63, 3.8) is 0 Å². The second-order valence-electron chi connectivity index (χ2n) is 17.6. The Bertz CT molecular complexity index is 1350. The molecule has 0 aromatic rings. The van der Waals surface area contributed by atoms with Crippen LogP contribution in [0.2, 0.25) is 0 Å². The molecule has 0 fully saturated rings. The van der Waals surface area contributed by atoms with E-state index in [-0.39, 0.29) is 63.8 Å². The fourth-order valence-corrected chi connectivity index (χ4v) is 6.34. The number of esters is 4. The van der Waals surface area contributed by atoms with Gasteiger partial charge >= 0.3 is 23.9 Å². The minimum Gasteiger partial charge on any atom is -0.460 e. The fourth-order valence-electron chi connectivity index (χ4n) is 5.24. The second-order valence-corrected chi connectivity index (χ2v) is 19.5. The number of nitrogens with two attached hydrogens (primary N) is 1. The molecule has 0 aromatic heterocycles. The van der Waals surface area contributed by atoms with Gasteiger partial charge in [-0.3, -0.25) is 38.5 Å². The highest BCUT2D eigenvalue weighted by molar-refractivity contribution is 7.90. The molecular formula is C38H74N6O11S. The Morgan fingerprint density at radius 2 is 1.20 bits per heavy atom. The van der Waals surface area contributed by atoms with Gasteiger partial charge in [-0.1, -0.05) is 6.92 Å². The number of ether oxygens (including phenoxy) is 4. The number of nitrogens with zero attached hydrogens (tertiary/aromatic N) is 2. The zero-order chi connectivity index (χ0) is 43.5. The van der Waals surface area contributed by atoms with Crippen molar-refractivity contribution < 1.29 is 51.3 Å². The average Bonchev–Trinajstić information content (AvgIpc) is 2.98. The van der Waals surface area contributed by atoms with Crippen LogP contribution >= 0.6 is 0 Å². The van der Waals surface area contributed by atoms with Crippen molar-refractivity contribution in [1.82, 2.24) is 25.2 Å². The number of hydrogen-bond donors (Lipinski definition) is 4. The number of likely N-dealkylation sites (N-methyl/N-ethyl adjacent to an activating group) is 1. The fraction of sp³-hybridized carbons (Fsp3) is 0.868. The van der Waals surface area contributed by atoms with Crippen LogP contribution in [0, 0.1) is 5.92 Å². The van der Waals surface area contributed by atoms with Gasteiger partial charge in [-0.15, -0.1) is 0 Å². The topological polar surface area (TPSA) is 225 Å². The van der Waals surface area contributed by atoms with Gasteiger partial charge in [-0.2, -0.15) is 0 Å². The third-order valence-electron chi connectivity index (χ3n) is 7.36. The zero-order valence-electron chi connectivity index (χ0n) is 36.4. The number of nitrogens with one attached hydrogen (secondary N) is 3. The van der Waals surface area contributed by atoms with E-state index in [1.54, 1.807) is 88.0 Å². The van der Waals surface area contributed by atoms with Crippen LogP contribution in [0.3, 0.4) is 0 Å². The first-order valence-electron chi connectivity index (χ1n) is 19.5. The number of hydrogen-bond acceptors (Lipinski definition) is 16. The lowest BCUT2D eigenvalue weighted by Gasteiger charge is -2.37. The Kier molecular flexibility index (Phi) is 22.9. The molecule has 0 saturated carbocycles. The van der Waals surface area contributed by atoms with Crippen LogP contribution < -0.4 is 21.1 Å². The van der Waals surface area contributed by atoms with Crippen LogP contribution in [0.1, 0.15) is 109 Å². The van der Waals surface area contributed by atoms with E-state index in [1.807, 2.05) is 16.5 Å². The molecule has 5 N–H and O–H groups in total. The lowest BCUT2D eigenvalue weighted by molar-refractivity contribution is -0.175. The second kappa shape index (κ2) is 24.1. The molecule has 0 radical (unpaired) electrons. The summed E-state index contributed by atoms with van der Waals surface area (Å²) in [5.74, 6) is -4.66. The predicted octanol–water partition coefficient (Wildman–Crippen LogP) is 1.72. The van der Waals surface area contributed by atoms with E-state index in [4.69, 9.17) is 24.7 Å². The van der Waals surface area contributed by atoms with Crippen molar-refractivity contribution >= 4 is 39.8 Å². The molecule has 0 spiro atoms. The van der Waals surface area contributed by atoms with Gasteiger partial charge in [0.1, 0.15) is 28.4 Å². The van der Waals surface area contributed by atoms with Gasteiger partial charge in [0.15, 0.2) is 0 Å². The standard InChI is InChI=1S/C38H74N6O11S/c1-14-44(24-23-43(27-31(47)53-36(5,6)7)22-21-40-19-20-41-26-30(46)52-35(2,3)4)32(34(49)55-38(11,12)13)28(33(48)54-37(8,9)10)16-17-29(45)42-56(50,51)25-15-18-39/h28,32,40-41H,14-27,39H2,1-13H3,(H,42,45). The van der Waals surface area contributed by atoms with Crippen molar-refractivity contribution in [3.8, 4) is 0 Å². The maximum absolute atomic E-state index is 14.0. The molecular weight excluding hydrogens is 749 g/mol. The first-order chi connectivity index (χ1) is 25.5. The first-order valence-corrected chi connectivity index (χ1v) is 21.1. The van der Waals surface area contributed by atoms with Crippen LogP contribution in [0.5, 0.6) is 0 Å². The Balaban J connectivity index is 6.30. The molecule has 0 aliphatic carbocycles. The summed E-state index contributed by atoms with van der Waals surface area (Å²) in [5.41, 5.74) is 2.27. The average molecular weight is 823 g/mol. The van der Waals surface area contributed by atoms with E-state index >= 15 is 0 Å². The molecule has 56 heavy (non-hydrogen) atoms. The smallest absolute Gasteiger partial charge is 0.324 e. The van der Waals surface area contributed by atoms with Crippen molar-refractivity contribution in [2.75, 3.05) is 71.2 Å². The highest BCUT2D eigenvalue weighted by Crippen LogP contribution is 2.25. The zero-order valence-corrected chi connectivity index (χ0v) is 37.2. The maximum atomic E-state index is 14.0. The Morgan fingerprint density at radius 3 is 1.71 bits per heavy atom.